The predicted octanol–water partition coefficient (Wildman–Crippen LogP) is 2.84. The number of carbonyl (C=O) groups excluding carboxylic acids is 1. The molecule has 0 spiro atoms. The van der Waals surface area contributed by atoms with Crippen LogP contribution >= 0.6 is 0 Å². The molecule has 0 fully saturated rings. The first-order chi connectivity index (χ1) is 8.28. The minimum Gasteiger partial charge on any atom is -0.469 e. The molecule has 1 aromatic carbocycles. The smallest absolute Gasteiger partial charge is 0.313 e. The SMILES string of the molecule is COC(=O)[C@]12CC=CC[C@H]1c1ccccc1C2. The van der Waals surface area contributed by atoms with Gasteiger partial charge in [0.1, 0.15) is 0 Å². The van der Waals surface area contributed by atoms with Gasteiger partial charge in [-0.2, -0.15) is 0 Å². The second-order valence-corrected chi connectivity index (χ2v) is 4.99. The second-order valence-electron chi connectivity index (χ2n) is 4.99. The number of rotatable bonds is 1. The minimum atomic E-state index is -0.340. The molecule has 0 aliphatic heterocycles. The van der Waals surface area contributed by atoms with Gasteiger partial charge in [-0.1, -0.05) is 36.4 Å². The van der Waals surface area contributed by atoms with Gasteiger partial charge in [-0.25, -0.2) is 0 Å². The maximum atomic E-state index is 12.2. The van der Waals surface area contributed by atoms with Crippen LogP contribution in [-0.2, 0) is 16.0 Å². The van der Waals surface area contributed by atoms with Gasteiger partial charge in [-0.3, -0.25) is 4.79 Å². The monoisotopic (exact) mass is 228 g/mol. The number of carbonyl (C=O) groups is 1. The quantitative estimate of drug-likeness (QED) is 0.545. The van der Waals surface area contributed by atoms with Crippen molar-refractivity contribution < 1.29 is 9.53 Å². The average molecular weight is 228 g/mol. The van der Waals surface area contributed by atoms with E-state index in [-0.39, 0.29) is 11.4 Å². The summed E-state index contributed by atoms with van der Waals surface area (Å²) in [5, 5.41) is 0. The van der Waals surface area contributed by atoms with Crippen molar-refractivity contribution in [1.29, 1.82) is 0 Å². The molecule has 0 N–H and O–H groups in total. The third kappa shape index (κ3) is 1.36. The third-order valence-corrected chi connectivity index (χ3v) is 4.22. The number of hydrogen-bond acceptors (Lipinski definition) is 2. The fraction of sp³-hybridized carbons (Fsp3) is 0.400. The van der Waals surface area contributed by atoms with E-state index in [0.717, 1.165) is 19.3 Å². The lowest BCUT2D eigenvalue weighted by molar-refractivity contribution is -0.153. The number of hydrogen-bond donors (Lipinski definition) is 0. The van der Waals surface area contributed by atoms with E-state index < -0.39 is 0 Å². The molecule has 2 aliphatic rings. The van der Waals surface area contributed by atoms with Gasteiger partial charge < -0.3 is 4.74 Å². The van der Waals surface area contributed by atoms with Crippen molar-refractivity contribution in [3.63, 3.8) is 0 Å². The Labute approximate surface area is 101 Å². The van der Waals surface area contributed by atoms with Crippen molar-refractivity contribution in [3.05, 3.63) is 47.5 Å². The third-order valence-electron chi connectivity index (χ3n) is 4.22. The standard InChI is InChI=1S/C15H16O2/c1-17-14(16)15-9-5-4-8-13(15)12-7-3-2-6-11(12)10-15/h2-7,13H,8-10H2,1H3/t13-,15-/m0/s1. The lowest BCUT2D eigenvalue weighted by atomic mass is 9.69. The fourth-order valence-electron chi connectivity index (χ4n) is 3.39. The Morgan fingerprint density at radius 3 is 3.00 bits per heavy atom. The molecule has 0 saturated carbocycles. The Balaban J connectivity index is 2.10. The molecule has 0 saturated heterocycles. The highest BCUT2D eigenvalue weighted by Crippen LogP contribution is 2.54. The van der Waals surface area contributed by atoms with Crippen LogP contribution in [0, 0.1) is 5.41 Å². The highest BCUT2D eigenvalue weighted by atomic mass is 16.5. The van der Waals surface area contributed by atoms with Crippen molar-refractivity contribution in [1.82, 2.24) is 0 Å². The molecule has 0 radical (unpaired) electrons. The van der Waals surface area contributed by atoms with Gasteiger partial charge in [0.05, 0.1) is 12.5 Å². The first kappa shape index (κ1) is 10.6. The zero-order valence-electron chi connectivity index (χ0n) is 9.98. The van der Waals surface area contributed by atoms with Gasteiger partial charge >= 0.3 is 5.97 Å². The summed E-state index contributed by atoms with van der Waals surface area (Å²) in [5.74, 6) is 0.249. The van der Waals surface area contributed by atoms with Gasteiger partial charge in [-0.05, 0) is 30.4 Å². The van der Waals surface area contributed by atoms with Crippen LogP contribution in [-0.4, -0.2) is 13.1 Å². The summed E-state index contributed by atoms with van der Waals surface area (Å²) in [6, 6.07) is 8.40. The topological polar surface area (TPSA) is 26.3 Å². The van der Waals surface area contributed by atoms with Crippen LogP contribution in [0.4, 0.5) is 0 Å². The molecule has 17 heavy (non-hydrogen) atoms. The second kappa shape index (κ2) is 3.73. The normalized spacial score (nSPS) is 29.6. The average Bonchev–Trinajstić information content (AvgIpc) is 2.73. The van der Waals surface area contributed by atoms with Gasteiger partial charge in [0, 0.05) is 5.92 Å². The van der Waals surface area contributed by atoms with Crippen LogP contribution in [0.25, 0.3) is 0 Å². The van der Waals surface area contributed by atoms with Crippen LogP contribution in [0.15, 0.2) is 36.4 Å². The minimum absolute atomic E-state index is 0.0527. The molecular formula is C15H16O2. The van der Waals surface area contributed by atoms with E-state index in [0.29, 0.717) is 5.92 Å². The Hall–Kier alpha value is -1.57. The number of benzene rings is 1. The van der Waals surface area contributed by atoms with E-state index >= 15 is 0 Å². The molecule has 2 aliphatic carbocycles. The lowest BCUT2D eigenvalue weighted by Crippen LogP contribution is -2.37. The molecule has 0 heterocycles. The van der Waals surface area contributed by atoms with Crippen LogP contribution in [0.2, 0.25) is 0 Å². The highest BCUT2D eigenvalue weighted by Gasteiger charge is 2.52. The maximum Gasteiger partial charge on any atom is 0.313 e. The number of ether oxygens (including phenoxy) is 1. The fourth-order valence-corrected chi connectivity index (χ4v) is 3.39. The van der Waals surface area contributed by atoms with E-state index in [9.17, 15) is 4.79 Å². The van der Waals surface area contributed by atoms with E-state index in [1.165, 1.54) is 18.2 Å². The predicted molar refractivity (Wildman–Crippen MR) is 65.7 cm³/mol. The number of methoxy groups -OCH3 is 1. The molecule has 0 unspecified atom stereocenters. The van der Waals surface area contributed by atoms with Crippen molar-refractivity contribution in [2.75, 3.05) is 7.11 Å². The Morgan fingerprint density at radius 1 is 1.35 bits per heavy atom. The summed E-state index contributed by atoms with van der Waals surface area (Å²) in [7, 11) is 1.50. The van der Waals surface area contributed by atoms with Gasteiger partial charge in [0.15, 0.2) is 0 Å². The highest BCUT2D eigenvalue weighted by molar-refractivity contribution is 5.81. The molecule has 0 amide bonds. The number of fused-ring (bicyclic) bond motifs is 3. The zero-order chi connectivity index (χ0) is 11.9. The number of allylic oxidation sites excluding steroid dienone is 2. The van der Waals surface area contributed by atoms with Crippen molar-refractivity contribution in [3.8, 4) is 0 Å². The number of esters is 1. The van der Waals surface area contributed by atoms with E-state index in [2.05, 4.69) is 36.4 Å². The van der Waals surface area contributed by atoms with Gasteiger partial charge in [-0.15, -0.1) is 0 Å². The van der Waals surface area contributed by atoms with E-state index in [1.54, 1.807) is 0 Å². The molecule has 2 nitrogen and oxygen atoms in total. The molecule has 3 rings (SSSR count). The van der Waals surface area contributed by atoms with Crippen LogP contribution in [0.1, 0.15) is 29.9 Å². The Bertz CT molecular complexity index is 489. The van der Waals surface area contributed by atoms with Gasteiger partial charge in [0.2, 0.25) is 0 Å². The molecule has 2 heteroatoms. The molecule has 88 valence electrons. The van der Waals surface area contributed by atoms with E-state index in [1.807, 2.05) is 0 Å². The zero-order valence-corrected chi connectivity index (χ0v) is 9.98. The van der Waals surface area contributed by atoms with Crippen LogP contribution in [0.5, 0.6) is 0 Å². The summed E-state index contributed by atoms with van der Waals surface area (Å²) < 4.78 is 5.05. The van der Waals surface area contributed by atoms with Crippen molar-refractivity contribution >= 4 is 5.97 Å². The van der Waals surface area contributed by atoms with Gasteiger partial charge in [0.25, 0.3) is 0 Å². The Kier molecular flexibility index (Phi) is 2.32. The molecule has 0 bridgehead atoms. The summed E-state index contributed by atoms with van der Waals surface area (Å²) in [4.78, 5) is 12.2. The lowest BCUT2D eigenvalue weighted by Gasteiger charge is -2.34. The molecule has 0 aromatic heterocycles. The molecular weight excluding hydrogens is 212 g/mol. The first-order valence-electron chi connectivity index (χ1n) is 6.09. The summed E-state index contributed by atoms with van der Waals surface area (Å²) in [6.07, 6.45) is 6.89. The summed E-state index contributed by atoms with van der Waals surface area (Å²) in [5.41, 5.74) is 2.31. The summed E-state index contributed by atoms with van der Waals surface area (Å²) in [6.45, 7) is 0. The maximum absolute atomic E-state index is 12.2. The first-order valence-corrected chi connectivity index (χ1v) is 6.09. The summed E-state index contributed by atoms with van der Waals surface area (Å²) >= 11 is 0. The van der Waals surface area contributed by atoms with E-state index in [4.69, 9.17) is 4.74 Å². The van der Waals surface area contributed by atoms with Crippen molar-refractivity contribution in [2.24, 2.45) is 5.41 Å². The van der Waals surface area contributed by atoms with Crippen LogP contribution < -0.4 is 0 Å². The van der Waals surface area contributed by atoms with Crippen molar-refractivity contribution in [2.45, 2.75) is 25.2 Å². The molecule has 2 atom stereocenters. The Morgan fingerprint density at radius 2 is 2.18 bits per heavy atom. The molecule has 1 aromatic rings. The van der Waals surface area contributed by atoms with Crippen LogP contribution in [0.3, 0.4) is 0 Å². The largest absolute Gasteiger partial charge is 0.469 e.